The van der Waals surface area contributed by atoms with Crippen molar-refractivity contribution in [1.29, 1.82) is 0 Å². The quantitative estimate of drug-likeness (QED) is 0.653. The van der Waals surface area contributed by atoms with E-state index >= 15 is 0 Å². The van der Waals surface area contributed by atoms with Gasteiger partial charge in [0.05, 0.1) is 17.0 Å². The molecular weight excluding hydrogens is 328 g/mol. The zero-order chi connectivity index (χ0) is 18.5. The highest BCUT2D eigenvalue weighted by atomic mass is 16.5. The zero-order valence-corrected chi connectivity index (χ0v) is 15.1. The first kappa shape index (κ1) is 17.7. The van der Waals surface area contributed by atoms with Crippen LogP contribution in [0.4, 0.5) is 5.69 Å². The fraction of sp³-hybridized carbons (Fsp3) is 0.250. The molecule has 3 aromatic rings. The summed E-state index contributed by atoms with van der Waals surface area (Å²) >= 11 is 0. The molecule has 1 N–H and O–H groups in total. The van der Waals surface area contributed by atoms with Gasteiger partial charge in [-0.1, -0.05) is 12.1 Å². The molecule has 2 heterocycles. The molecule has 2 aromatic heterocycles. The van der Waals surface area contributed by atoms with Gasteiger partial charge >= 0.3 is 0 Å². The van der Waals surface area contributed by atoms with E-state index in [-0.39, 0.29) is 6.04 Å². The lowest BCUT2D eigenvalue weighted by Crippen LogP contribution is -2.08. The van der Waals surface area contributed by atoms with Crippen molar-refractivity contribution in [2.75, 3.05) is 12.4 Å². The Morgan fingerprint density at radius 2 is 2.04 bits per heavy atom. The standard InChI is InChI=1S/C20H22N4O2/c1-14(2)24-18(9-11-23-24)20-15(6-5-10-22-20)13-26-19-8-4-7-17(21-3)16(19)12-25/h4-12,14,21H,13H2,1-3H3. The molecule has 0 atom stereocenters. The molecule has 0 spiro atoms. The van der Waals surface area contributed by atoms with Gasteiger partial charge in [0.15, 0.2) is 6.29 Å². The minimum atomic E-state index is 0.227. The van der Waals surface area contributed by atoms with E-state index in [2.05, 4.69) is 29.2 Å². The van der Waals surface area contributed by atoms with E-state index < -0.39 is 0 Å². The highest BCUT2D eigenvalue weighted by molar-refractivity contribution is 5.88. The van der Waals surface area contributed by atoms with Crippen LogP contribution in [0.3, 0.4) is 0 Å². The van der Waals surface area contributed by atoms with Crippen molar-refractivity contribution in [3.8, 4) is 17.1 Å². The Morgan fingerprint density at radius 1 is 1.19 bits per heavy atom. The largest absolute Gasteiger partial charge is 0.488 e. The molecule has 0 saturated carbocycles. The summed E-state index contributed by atoms with van der Waals surface area (Å²) < 4.78 is 7.89. The van der Waals surface area contributed by atoms with E-state index in [9.17, 15) is 4.79 Å². The summed E-state index contributed by atoms with van der Waals surface area (Å²) in [7, 11) is 1.78. The maximum atomic E-state index is 11.4. The fourth-order valence-corrected chi connectivity index (χ4v) is 2.86. The lowest BCUT2D eigenvalue weighted by molar-refractivity contribution is 0.112. The second-order valence-electron chi connectivity index (χ2n) is 6.14. The van der Waals surface area contributed by atoms with Crippen LogP contribution >= 0.6 is 0 Å². The Bertz CT molecular complexity index is 902. The number of nitrogens with zero attached hydrogens (tertiary/aromatic N) is 3. The molecule has 0 bridgehead atoms. The second kappa shape index (κ2) is 7.82. The molecule has 3 rings (SSSR count). The van der Waals surface area contributed by atoms with Crippen LogP contribution in [0.5, 0.6) is 5.75 Å². The minimum absolute atomic E-state index is 0.227. The smallest absolute Gasteiger partial charge is 0.155 e. The van der Waals surface area contributed by atoms with E-state index in [4.69, 9.17) is 4.74 Å². The lowest BCUT2D eigenvalue weighted by atomic mass is 10.1. The van der Waals surface area contributed by atoms with Gasteiger partial charge in [-0.25, -0.2) is 0 Å². The van der Waals surface area contributed by atoms with E-state index in [0.717, 1.165) is 28.9 Å². The van der Waals surface area contributed by atoms with Gasteiger partial charge in [-0.15, -0.1) is 0 Å². The van der Waals surface area contributed by atoms with Gasteiger partial charge in [0.2, 0.25) is 0 Å². The first-order valence-electron chi connectivity index (χ1n) is 8.52. The van der Waals surface area contributed by atoms with Gasteiger partial charge in [-0.3, -0.25) is 14.5 Å². The SMILES string of the molecule is CNc1cccc(OCc2cccnc2-c2ccnn2C(C)C)c1C=O. The van der Waals surface area contributed by atoms with Crippen molar-refractivity contribution in [3.05, 3.63) is 59.9 Å². The zero-order valence-electron chi connectivity index (χ0n) is 15.1. The molecule has 6 nitrogen and oxygen atoms in total. The van der Waals surface area contributed by atoms with E-state index in [1.165, 1.54) is 0 Å². The van der Waals surface area contributed by atoms with Gasteiger partial charge in [0, 0.05) is 36.7 Å². The van der Waals surface area contributed by atoms with Crippen molar-refractivity contribution in [2.24, 2.45) is 0 Å². The summed E-state index contributed by atoms with van der Waals surface area (Å²) in [6, 6.07) is 11.5. The van der Waals surface area contributed by atoms with Gasteiger partial charge in [-0.2, -0.15) is 5.10 Å². The summed E-state index contributed by atoms with van der Waals surface area (Å²) in [5.74, 6) is 0.541. The minimum Gasteiger partial charge on any atom is -0.488 e. The van der Waals surface area contributed by atoms with Gasteiger partial charge < -0.3 is 10.1 Å². The van der Waals surface area contributed by atoms with Crippen molar-refractivity contribution < 1.29 is 9.53 Å². The number of anilines is 1. The molecule has 0 saturated heterocycles. The average Bonchev–Trinajstić information content (AvgIpc) is 3.16. The maximum Gasteiger partial charge on any atom is 0.155 e. The van der Waals surface area contributed by atoms with Gasteiger partial charge in [0.1, 0.15) is 12.4 Å². The number of carbonyl (C=O) groups excluding carboxylic acids is 1. The van der Waals surface area contributed by atoms with Crippen LogP contribution in [0.25, 0.3) is 11.4 Å². The van der Waals surface area contributed by atoms with Crippen LogP contribution in [0, 0.1) is 0 Å². The van der Waals surface area contributed by atoms with Crippen LogP contribution in [0.2, 0.25) is 0 Å². The fourth-order valence-electron chi connectivity index (χ4n) is 2.86. The first-order valence-corrected chi connectivity index (χ1v) is 8.52. The normalized spacial score (nSPS) is 10.8. The molecule has 134 valence electrons. The summed E-state index contributed by atoms with van der Waals surface area (Å²) in [6.45, 7) is 4.46. The van der Waals surface area contributed by atoms with Gasteiger partial charge in [-0.05, 0) is 38.1 Å². The maximum absolute atomic E-state index is 11.4. The van der Waals surface area contributed by atoms with Crippen LogP contribution < -0.4 is 10.1 Å². The Labute approximate surface area is 152 Å². The van der Waals surface area contributed by atoms with Crippen LogP contribution in [0.1, 0.15) is 35.8 Å². The molecule has 0 aliphatic heterocycles. The van der Waals surface area contributed by atoms with Crippen LogP contribution in [-0.4, -0.2) is 28.1 Å². The number of hydrogen-bond donors (Lipinski definition) is 1. The predicted octanol–water partition coefficient (Wildman–Crippen LogP) is 3.96. The molecule has 0 aliphatic rings. The van der Waals surface area contributed by atoms with E-state index in [1.807, 2.05) is 35.0 Å². The number of pyridine rings is 1. The summed E-state index contributed by atoms with van der Waals surface area (Å²) in [6.07, 6.45) is 4.34. The van der Waals surface area contributed by atoms with Crippen LogP contribution in [0.15, 0.2) is 48.8 Å². The Morgan fingerprint density at radius 3 is 2.77 bits per heavy atom. The Balaban J connectivity index is 1.91. The van der Waals surface area contributed by atoms with E-state index in [0.29, 0.717) is 17.9 Å². The van der Waals surface area contributed by atoms with Crippen molar-refractivity contribution in [2.45, 2.75) is 26.5 Å². The van der Waals surface area contributed by atoms with Crippen molar-refractivity contribution in [3.63, 3.8) is 0 Å². The Kier molecular flexibility index (Phi) is 5.31. The molecule has 1 aromatic carbocycles. The highest BCUT2D eigenvalue weighted by Gasteiger charge is 2.15. The topological polar surface area (TPSA) is 69.0 Å². The number of rotatable bonds is 7. The highest BCUT2D eigenvalue weighted by Crippen LogP contribution is 2.28. The van der Waals surface area contributed by atoms with Crippen molar-refractivity contribution in [1.82, 2.24) is 14.8 Å². The van der Waals surface area contributed by atoms with E-state index in [1.54, 1.807) is 25.5 Å². The Hall–Kier alpha value is -3.15. The molecule has 0 aliphatic carbocycles. The van der Waals surface area contributed by atoms with Gasteiger partial charge in [0.25, 0.3) is 0 Å². The predicted molar refractivity (Wildman–Crippen MR) is 102 cm³/mol. The number of aldehydes is 1. The molecular formula is C20H22N4O2. The third kappa shape index (κ3) is 3.44. The number of aromatic nitrogens is 3. The number of ether oxygens (including phenoxy) is 1. The number of carbonyl (C=O) groups is 1. The molecule has 0 amide bonds. The summed E-state index contributed by atoms with van der Waals surface area (Å²) in [4.78, 5) is 16.0. The van der Waals surface area contributed by atoms with Crippen molar-refractivity contribution >= 4 is 12.0 Å². The molecule has 0 fully saturated rings. The average molecular weight is 350 g/mol. The second-order valence-corrected chi connectivity index (χ2v) is 6.14. The summed E-state index contributed by atoms with van der Waals surface area (Å²) in [5.41, 5.74) is 3.95. The number of benzene rings is 1. The summed E-state index contributed by atoms with van der Waals surface area (Å²) in [5, 5.41) is 7.39. The molecule has 0 radical (unpaired) electrons. The molecule has 0 unspecified atom stereocenters. The third-order valence-corrected chi connectivity index (χ3v) is 4.13. The lowest BCUT2D eigenvalue weighted by Gasteiger charge is -2.15. The third-order valence-electron chi connectivity index (χ3n) is 4.13. The molecule has 26 heavy (non-hydrogen) atoms. The monoisotopic (exact) mass is 350 g/mol. The molecule has 6 heteroatoms. The van der Waals surface area contributed by atoms with Crippen LogP contribution in [-0.2, 0) is 6.61 Å². The number of nitrogens with one attached hydrogen (secondary N) is 1. The first-order chi connectivity index (χ1) is 12.7. The number of hydrogen-bond acceptors (Lipinski definition) is 5.